The highest BCUT2D eigenvalue weighted by molar-refractivity contribution is 5.84. The molecule has 0 aliphatic carbocycles. The van der Waals surface area contributed by atoms with E-state index in [9.17, 15) is 4.79 Å². The van der Waals surface area contributed by atoms with E-state index in [2.05, 4.69) is 24.0 Å². The number of H-pyrrole nitrogens is 1. The average Bonchev–Trinajstić information content (AvgIpc) is 2.69. The summed E-state index contributed by atoms with van der Waals surface area (Å²) in [6.07, 6.45) is 3.78. The predicted octanol–water partition coefficient (Wildman–Crippen LogP) is 3.33. The number of ketones is 1. The van der Waals surface area contributed by atoms with Crippen LogP contribution in [-0.4, -0.2) is 10.8 Å². The molecule has 2 aromatic rings. The van der Waals surface area contributed by atoms with Crippen molar-refractivity contribution in [1.29, 1.82) is 0 Å². The van der Waals surface area contributed by atoms with Gasteiger partial charge in [-0.1, -0.05) is 25.1 Å². The molecule has 0 unspecified atom stereocenters. The number of carbonyl (C=O) groups is 1. The Morgan fingerprint density at radius 3 is 2.81 bits per heavy atom. The van der Waals surface area contributed by atoms with Gasteiger partial charge < -0.3 is 4.98 Å². The van der Waals surface area contributed by atoms with Gasteiger partial charge in [-0.3, -0.25) is 4.79 Å². The number of hydrogen-bond acceptors (Lipinski definition) is 1. The highest BCUT2D eigenvalue weighted by atomic mass is 16.1. The number of carbonyl (C=O) groups excluding carboxylic acids is 1. The molecule has 1 aromatic heterocycles. The van der Waals surface area contributed by atoms with Crippen LogP contribution in [0.5, 0.6) is 0 Å². The van der Waals surface area contributed by atoms with Gasteiger partial charge in [-0.25, -0.2) is 0 Å². The molecule has 0 fully saturated rings. The molecule has 1 aromatic carbocycles. The zero-order valence-corrected chi connectivity index (χ0v) is 9.79. The van der Waals surface area contributed by atoms with Crippen molar-refractivity contribution in [2.75, 3.05) is 0 Å². The van der Waals surface area contributed by atoms with Gasteiger partial charge in [-0.15, -0.1) is 0 Å². The molecule has 0 bridgehead atoms. The van der Waals surface area contributed by atoms with Crippen molar-refractivity contribution in [3.8, 4) is 0 Å². The lowest BCUT2D eigenvalue weighted by molar-refractivity contribution is -0.120. The molecule has 0 radical (unpaired) electrons. The molecule has 1 N–H and O–H groups in total. The van der Waals surface area contributed by atoms with Gasteiger partial charge in [0, 0.05) is 23.0 Å². The second-order valence-corrected chi connectivity index (χ2v) is 4.28. The molecule has 0 saturated carbocycles. The molecule has 0 spiro atoms. The van der Waals surface area contributed by atoms with Gasteiger partial charge in [0.25, 0.3) is 0 Å². The Kier molecular flexibility index (Phi) is 3.09. The lowest BCUT2D eigenvalue weighted by Gasteiger charge is -2.09. The highest BCUT2D eigenvalue weighted by Crippen LogP contribution is 2.22. The van der Waals surface area contributed by atoms with E-state index in [0.717, 1.165) is 18.4 Å². The number of para-hydroxylation sites is 1. The Morgan fingerprint density at radius 2 is 2.12 bits per heavy atom. The Labute approximate surface area is 95.7 Å². The Morgan fingerprint density at radius 1 is 1.38 bits per heavy atom. The number of fused-ring (bicyclic) bond motifs is 1. The van der Waals surface area contributed by atoms with E-state index in [4.69, 9.17) is 0 Å². The first-order valence-electron chi connectivity index (χ1n) is 5.77. The summed E-state index contributed by atoms with van der Waals surface area (Å²) in [7, 11) is 0. The van der Waals surface area contributed by atoms with E-state index in [1.54, 1.807) is 6.92 Å². The van der Waals surface area contributed by atoms with Crippen LogP contribution in [0.25, 0.3) is 10.9 Å². The fourth-order valence-corrected chi connectivity index (χ4v) is 2.14. The second-order valence-electron chi connectivity index (χ2n) is 4.28. The Hall–Kier alpha value is -1.57. The Bertz CT molecular complexity index is 498. The average molecular weight is 215 g/mol. The van der Waals surface area contributed by atoms with E-state index < -0.39 is 0 Å². The third-order valence-corrected chi connectivity index (χ3v) is 3.21. The van der Waals surface area contributed by atoms with Crippen molar-refractivity contribution in [2.45, 2.75) is 26.7 Å². The number of aromatic amines is 1. The third-order valence-electron chi connectivity index (χ3n) is 3.21. The van der Waals surface area contributed by atoms with E-state index in [1.807, 2.05) is 18.3 Å². The molecular formula is C14H17NO. The van der Waals surface area contributed by atoms with Crippen LogP contribution in [0.1, 0.15) is 25.8 Å². The molecule has 0 amide bonds. The SMILES string of the molecule is CC[C@@H](Cc1c[nH]c2ccccc12)C(C)=O. The largest absolute Gasteiger partial charge is 0.361 e. The molecule has 0 aliphatic rings. The highest BCUT2D eigenvalue weighted by Gasteiger charge is 2.14. The van der Waals surface area contributed by atoms with Crippen molar-refractivity contribution in [2.24, 2.45) is 5.92 Å². The molecule has 84 valence electrons. The molecule has 0 aliphatic heterocycles. The van der Waals surface area contributed by atoms with Crippen molar-refractivity contribution in [3.63, 3.8) is 0 Å². The maximum atomic E-state index is 11.4. The van der Waals surface area contributed by atoms with Gasteiger partial charge in [0.05, 0.1) is 0 Å². The van der Waals surface area contributed by atoms with Crippen LogP contribution in [-0.2, 0) is 11.2 Å². The van der Waals surface area contributed by atoms with E-state index >= 15 is 0 Å². The molecule has 2 rings (SSSR count). The van der Waals surface area contributed by atoms with Crippen LogP contribution in [0.3, 0.4) is 0 Å². The fourth-order valence-electron chi connectivity index (χ4n) is 2.14. The summed E-state index contributed by atoms with van der Waals surface area (Å²) in [5, 5.41) is 1.24. The first kappa shape index (κ1) is 10.9. The number of aromatic nitrogens is 1. The quantitative estimate of drug-likeness (QED) is 0.833. The zero-order valence-electron chi connectivity index (χ0n) is 9.79. The summed E-state index contributed by atoms with van der Waals surface area (Å²) in [6.45, 7) is 3.75. The van der Waals surface area contributed by atoms with Crippen molar-refractivity contribution in [3.05, 3.63) is 36.0 Å². The number of rotatable bonds is 4. The summed E-state index contributed by atoms with van der Waals surface area (Å²) in [5.41, 5.74) is 2.40. The van der Waals surface area contributed by atoms with Gasteiger partial charge in [0.2, 0.25) is 0 Å². The van der Waals surface area contributed by atoms with E-state index in [-0.39, 0.29) is 11.7 Å². The summed E-state index contributed by atoms with van der Waals surface area (Å²) >= 11 is 0. The van der Waals surface area contributed by atoms with Gasteiger partial charge >= 0.3 is 0 Å². The number of benzene rings is 1. The molecule has 0 saturated heterocycles. The molecule has 16 heavy (non-hydrogen) atoms. The molecule has 1 atom stereocenters. The lowest BCUT2D eigenvalue weighted by atomic mass is 9.93. The van der Waals surface area contributed by atoms with Crippen LogP contribution < -0.4 is 0 Å². The fraction of sp³-hybridized carbons (Fsp3) is 0.357. The normalized spacial score (nSPS) is 12.9. The second kappa shape index (κ2) is 4.52. The molecule has 2 heteroatoms. The van der Waals surface area contributed by atoms with Crippen LogP contribution in [0.2, 0.25) is 0 Å². The van der Waals surface area contributed by atoms with Crippen LogP contribution in [0.4, 0.5) is 0 Å². The third kappa shape index (κ3) is 2.01. The smallest absolute Gasteiger partial charge is 0.133 e. The molecule has 1 heterocycles. The Balaban J connectivity index is 2.30. The minimum Gasteiger partial charge on any atom is -0.361 e. The van der Waals surface area contributed by atoms with E-state index in [1.165, 1.54) is 10.9 Å². The first-order chi connectivity index (χ1) is 7.72. The summed E-state index contributed by atoms with van der Waals surface area (Å²) in [6, 6.07) is 8.22. The minimum atomic E-state index is 0.152. The minimum absolute atomic E-state index is 0.152. The molecular weight excluding hydrogens is 198 g/mol. The van der Waals surface area contributed by atoms with Crippen LogP contribution in [0, 0.1) is 5.92 Å². The van der Waals surface area contributed by atoms with Gasteiger partial charge in [0.1, 0.15) is 5.78 Å². The summed E-state index contributed by atoms with van der Waals surface area (Å²) in [4.78, 5) is 14.7. The number of nitrogens with one attached hydrogen (secondary N) is 1. The van der Waals surface area contributed by atoms with Gasteiger partial charge in [-0.2, -0.15) is 0 Å². The number of Topliss-reactive ketones (excluding diaryl/α,β-unsaturated/α-hetero) is 1. The standard InChI is InChI=1S/C14H17NO/c1-3-11(10(2)16)8-12-9-15-14-7-5-4-6-13(12)14/h4-7,9,11,15H,3,8H2,1-2H3/t11-/m0/s1. The van der Waals surface area contributed by atoms with Crippen molar-refractivity contribution < 1.29 is 4.79 Å². The topological polar surface area (TPSA) is 32.9 Å². The van der Waals surface area contributed by atoms with Gasteiger partial charge in [0.15, 0.2) is 0 Å². The maximum Gasteiger partial charge on any atom is 0.133 e. The summed E-state index contributed by atoms with van der Waals surface area (Å²) in [5.74, 6) is 0.437. The lowest BCUT2D eigenvalue weighted by Crippen LogP contribution is -2.12. The van der Waals surface area contributed by atoms with Crippen molar-refractivity contribution >= 4 is 16.7 Å². The zero-order chi connectivity index (χ0) is 11.5. The van der Waals surface area contributed by atoms with Gasteiger partial charge in [-0.05, 0) is 31.4 Å². The van der Waals surface area contributed by atoms with Crippen LogP contribution >= 0.6 is 0 Å². The monoisotopic (exact) mass is 215 g/mol. The first-order valence-corrected chi connectivity index (χ1v) is 5.77. The van der Waals surface area contributed by atoms with E-state index in [0.29, 0.717) is 0 Å². The maximum absolute atomic E-state index is 11.4. The van der Waals surface area contributed by atoms with Crippen molar-refractivity contribution in [1.82, 2.24) is 4.98 Å². The summed E-state index contributed by atoms with van der Waals surface area (Å²) < 4.78 is 0. The number of hydrogen-bond donors (Lipinski definition) is 1. The molecule has 2 nitrogen and oxygen atoms in total. The predicted molar refractivity (Wildman–Crippen MR) is 66.5 cm³/mol. The van der Waals surface area contributed by atoms with Crippen LogP contribution in [0.15, 0.2) is 30.5 Å².